The number of hydrogen-bond donors (Lipinski definition) is 1. The van der Waals surface area contributed by atoms with Crippen LogP contribution in [0.1, 0.15) is 38.3 Å². The van der Waals surface area contributed by atoms with Crippen molar-refractivity contribution in [3.05, 3.63) is 76.3 Å². The van der Waals surface area contributed by atoms with E-state index in [9.17, 15) is 9.59 Å². The molecule has 0 saturated carbocycles. The van der Waals surface area contributed by atoms with Gasteiger partial charge in [-0.15, -0.1) is 5.10 Å². The van der Waals surface area contributed by atoms with Crippen molar-refractivity contribution in [3.8, 4) is 0 Å². The highest BCUT2D eigenvalue weighted by Gasteiger charge is 2.12. The van der Waals surface area contributed by atoms with Gasteiger partial charge < -0.3 is 5.32 Å². The standard InChI is InChI=1S/C22H26N4O2/c1-22(2,3)18-11-8-17(9-12-18)10-13-20(27)23-14-6-16-26-21(28)25-15-5-4-7-19(25)24-26/h4-5,7-13,15H,6,14,16H2,1-3H3,(H,23,27)/b13-10+. The molecule has 0 atom stereocenters. The Bertz CT molecular complexity index is 1040. The fourth-order valence-corrected chi connectivity index (χ4v) is 2.88. The van der Waals surface area contributed by atoms with E-state index in [0.717, 1.165) is 5.56 Å². The molecular weight excluding hydrogens is 352 g/mol. The number of hydrogen-bond acceptors (Lipinski definition) is 3. The minimum Gasteiger partial charge on any atom is -0.352 e. The van der Waals surface area contributed by atoms with Gasteiger partial charge >= 0.3 is 5.69 Å². The van der Waals surface area contributed by atoms with Crippen LogP contribution in [-0.2, 0) is 16.8 Å². The Morgan fingerprint density at radius 1 is 1.14 bits per heavy atom. The number of fused-ring (bicyclic) bond motifs is 1. The van der Waals surface area contributed by atoms with Crippen LogP contribution in [0, 0.1) is 0 Å². The molecule has 1 amide bonds. The molecule has 0 bridgehead atoms. The quantitative estimate of drug-likeness (QED) is 0.530. The molecule has 3 rings (SSSR count). The van der Waals surface area contributed by atoms with Crippen LogP contribution in [0.15, 0.2) is 59.5 Å². The molecule has 2 aromatic heterocycles. The van der Waals surface area contributed by atoms with Crippen molar-refractivity contribution in [2.24, 2.45) is 0 Å². The molecule has 0 saturated heterocycles. The van der Waals surface area contributed by atoms with Gasteiger partial charge in [0.2, 0.25) is 5.91 Å². The molecule has 6 nitrogen and oxygen atoms in total. The van der Waals surface area contributed by atoms with E-state index in [1.807, 2.05) is 18.2 Å². The third-order valence-corrected chi connectivity index (χ3v) is 4.54. The summed E-state index contributed by atoms with van der Waals surface area (Å²) in [6, 6.07) is 13.6. The molecule has 0 aliphatic heterocycles. The van der Waals surface area contributed by atoms with Crippen LogP contribution in [0.4, 0.5) is 0 Å². The average Bonchev–Trinajstić information content (AvgIpc) is 2.99. The van der Waals surface area contributed by atoms with Gasteiger partial charge in [0.1, 0.15) is 0 Å². The Hall–Kier alpha value is -3.15. The highest BCUT2D eigenvalue weighted by Crippen LogP contribution is 2.22. The summed E-state index contributed by atoms with van der Waals surface area (Å²) in [5.74, 6) is -0.151. The number of carbonyl (C=O) groups excluding carboxylic acids is 1. The highest BCUT2D eigenvalue weighted by atomic mass is 16.2. The number of pyridine rings is 1. The molecule has 0 aliphatic rings. The van der Waals surface area contributed by atoms with Crippen molar-refractivity contribution in [1.29, 1.82) is 0 Å². The van der Waals surface area contributed by atoms with Crippen LogP contribution in [0.3, 0.4) is 0 Å². The summed E-state index contributed by atoms with van der Waals surface area (Å²) >= 11 is 0. The first-order chi connectivity index (χ1) is 13.3. The third-order valence-electron chi connectivity index (χ3n) is 4.54. The number of rotatable bonds is 6. The van der Waals surface area contributed by atoms with Crippen LogP contribution in [0.2, 0.25) is 0 Å². The number of aryl methyl sites for hydroxylation is 1. The second-order valence-corrected chi connectivity index (χ2v) is 7.78. The van der Waals surface area contributed by atoms with Gasteiger partial charge in [-0.3, -0.25) is 9.20 Å². The molecule has 2 heterocycles. The highest BCUT2D eigenvalue weighted by molar-refractivity contribution is 5.91. The van der Waals surface area contributed by atoms with Crippen LogP contribution >= 0.6 is 0 Å². The SMILES string of the molecule is CC(C)(C)c1ccc(/C=C/C(=O)NCCCn2nc3ccccn3c2=O)cc1. The molecule has 1 aromatic carbocycles. The number of aromatic nitrogens is 3. The first-order valence-electron chi connectivity index (χ1n) is 9.45. The topological polar surface area (TPSA) is 68.4 Å². The second kappa shape index (κ2) is 8.25. The van der Waals surface area contributed by atoms with E-state index >= 15 is 0 Å². The van der Waals surface area contributed by atoms with Gasteiger partial charge in [-0.05, 0) is 41.2 Å². The lowest BCUT2D eigenvalue weighted by Crippen LogP contribution is -2.26. The maximum atomic E-state index is 12.2. The van der Waals surface area contributed by atoms with E-state index in [1.165, 1.54) is 20.7 Å². The molecular formula is C22H26N4O2. The van der Waals surface area contributed by atoms with Crippen molar-refractivity contribution >= 4 is 17.6 Å². The number of nitrogens with zero attached hydrogens (tertiary/aromatic N) is 3. The Morgan fingerprint density at radius 2 is 1.89 bits per heavy atom. The summed E-state index contributed by atoms with van der Waals surface area (Å²) < 4.78 is 2.93. The Morgan fingerprint density at radius 3 is 2.57 bits per heavy atom. The van der Waals surface area contributed by atoms with Gasteiger partial charge in [-0.25, -0.2) is 9.48 Å². The molecule has 1 N–H and O–H groups in total. The normalized spacial score (nSPS) is 12.0. The zero-order valence-corrected chi connectivity index (χ0v) is 16.6. The largest absolute Gasteiger partial charge is 0.352 e. The lowest BCUT2D eigenvalue weighted by Gasteiger charge is -2.18. The predicted molar refractivity (Wildman–Crippen MR) is 111 cm³/mol. The summed E-state index contributed by atoms with van der Waals surface area (Å²) in [5, 5.41) is 7.11. The van der Waals surface area contributed by atoms with Gasteiger partial charge in [0.05, 0.1) is 0 Å². The van der Waals surface area contributed by atoms with Gasteiger partial charge in [-0.1, -0.05) is 51.1 Å². The fraction of sp³-hybridized carbons (Fsp3) is 0.318. The maximum absolute atomic E-state index is 12.2. The zero-order chi connectivity index (χ0) is 20.1. The van der Waals surface area contributed by atoms with E-state index in [-0.39, 0.29) is 17.0 Å². The van der Waals surface area contributed by atoms with E-state index in [2.05, 4.69) is 43.3 Å². The van der Waals surface area contributed by atoms with Gasteiger partial charge in [-0.2, -0.15) is 0 Å². The molecule has 0 unspecified atom stereocenters. The molecule has 6 heteroatoms. The van der Waals surface area contributed by atoms with E-state index in [4.69, 9.17) is 0 Å². The molecule has 0 radical (unpaired) electrons. The molecule has 0 fully saturated rings. The first kappa shape index (κ1) is 19.6. The number of amides is 1. The van der Waals surface area contributed by atoms with Gasteiger partial charge in [0.15, 0.2) is 5.65 Å². The Labute approximate surface area is 164 Å². The van der Waals surface area contributed by atoms with Crippen molar-refractivity contribution in [1.82, 2.24) is 19.5 Å². The summed E-state index contributed by atoms with van der Waals surface area (Å²) in [6.07, 6.45) is 5.66. The summed E-state index contributed by atoms with van der Waals surface area (Å²) in [4.78, 5) is 24.1. The number of carbonyl (C=O) groups is 1. The molecule has 0 aliphatic carbocycles. The molecule has 146 valence electrons. The zero-order valence-electron chi connectivity index (χ0n) is 16.6. The van der Waals surface area contributed by atoms with E-state index in [1.54, 1.807) is 24.4 Å². The van der Waals surface area contributed by atoms with Crippen molar-refractivity contribution in [3.63, 3.8) is 0 Å². The van der Waals surface area contributed by atoms with Crippen LogP contribution in [0.5, 0.6) is 0 Å². The molecule has 0 spiro atoms. The summed E-state index contributed by atoms with van der Waals surface area (Å²) in [7, 11) is 0. The minimum atomic E-state index is -0.166. The van der Waals surface area contributed by atoms with Crippen LogP contribution < -0.4 is 11.0 Å². The number of nitrogens with one attached hydrogen (secondary N) is 1. The Kier molecular flexibility index (Phi) is 5.78. The van der Waals surface area contributed by atoms with Crippen molar-refractivity contribution in [2.75, 3.05) is 6.54 Å². The monoisotopic (exact) mass is 378 g/mol. The summed E-state index contributed by atoms with van der Waals surface area (Å²) in [6.45, 7) is 7.45. The smallest absolute Gasteiger partial charge is 0.350 e. The molecule has 28 heavy (non-hydrogen) atoms. The summed E-state index contributed by atoms with van der Waals surface area (Å²) in [5.41, 5.74) is 2.82. The van der Waals surface area contributed by atoms with Crippen molar-refractivity contribution < 1.29 is 4.79 Å². The molecule has 3 aromatic rings. The van der Waals surface area contributed by atoms with Gasteiger partial charge in [0, 0.05) is 25.4 Å². The lowest BCUT2D eigenvalue weighted by atomic mass is 9.87. The third kappa shape index (κ3) is 4.76. The van der Waals surface area contributed by atoms with Crippen molar-refractivity contribution in [2.45, 2.75) is 39.2 Å². The Balaban J connectivity index is 1.47. The van der Waals surface area contributed by atoms with Crippen LogP contribution in [-0.4, -0.2) is 26.6 Å². The number of benzene rings is 1. The second-order valence-electron chi connectivity index (χ2n) is 7.78. The maximum Gasteiger partial charge on any atom is 0.350 e. The fourth-order valence-electron chi connectivity index (χ4n) is 2.88. The lowest BCUT2D eigenvalue weighted by molar-refractivity contribution is -0.116. The van der Waals surface area contributed by atoms with Gasteiger partial charge in [0.25, 0.3) is 0 Å². The van der Waals surface area contributed by atoms with E-state index in [0.29, 0.717) is 25.2 Å². The first-order valence-corrected chi connectivity index (χ1v) is 9.45. The minimum absolute atomic E-state index is 0.114. The predicted octanol–water partition coefficient (Wildman–Crippen LogP) is 3.01. The average molecular weight is 378 g/mol. The van der Waals surface area contributed by atoms with E-state index < -0.39 is 0 Å². The van der Waals surface area contributed by atoms with Crippen LogP contribution in [0.25, 0.3) is 11.7 Å².